The van der Waals surface area contributed by atoms with E-state index in [4.69, 9.17) is 55.2 Å². The van der Waals surface area contributed by atoms with Crippen LogP contribution >= 0.6 is 15.9 Å². The summed E-state index contributed by atoms with van der Waals surface area (Å²) in [4.78, 5) is 48.4. The Morgan fingerprint density at radius 1 is 0.559 bits per heavy atom. The van der Waals surface area contributed by atoms with Gasteiger partial charge >= 0.3 is 12.2 Å². The zero-order valence-electron chi connectivity index (χ0n) is 59.6. The fraction of sp³-hybridized carbons (Fsp3) is 0.677. The van der Waals surface area contributed by atoms with E-state index in [1.54, 1.807) is 31.2 Å². The highest BCUT2D eigenvalue weighted by Gasteiger charge is 2.36. The van der Waals surface area contributed by atoms with Crippen molar-refractivity contribution in [1.29, 1.82) is 0 Å². The maximum absolute atomic E-state index is 13.1. The lowest BCUT2D eigenvalue weighted by Crippen LogP contribution is -2.42. The largest absolute Gasteiger partial charge is 0.444 e. The number of aromatic nitrogens is 10. The Morgan fingerprint density at radius 2 is 0.914 bits per heavy atom. The average molecular weight is 1420 g/mol. The van der Waals surface area contributed by atoms with Gasteiger partial charge in [0.2, 0.25) is 5.69 Å². The van der Waals surface area contributed by atoms with Gasteiger partial charge in [0.1, 0.15) is 43.9 Å². The van der Waals surface area contributed by atoms with Crippen LogP contribution in [0.25, 0.3) is 38.4 Å². The lowest BCUT2D eigenvalue weighted by atomic mass is 9.93. The van der Waals surface area contributed by atoms with Crippen LogP contribution in [-0.2, 0) is 42.5 Å². The van der Waals surface area contributed by atoms with E-state index in [2.05, 4.69) is 114 Å². The average Bonchev–Trinajstić information content (AvgIpc) is 1.68. The minimum Gasteiger partial charge on any atom is -0.444 e. The van der Waals surface area contributed by atoms with Gasteiger partial charge in [0.25, 0.3) is 0 Å². The van der Waals surface area contributed by atoms with Crippen molar-refractivity contribution < 1.29 is 38.0 Å². The number of ether oxygens (including phenoxy) is 6. The molecule has 2 fully saturated rings. The van der Waals surface area contributed by atoms with Crippen LogP contribution in [0.1, 0.15) is 90.4 Å². The molecule has 0 N–H and O–H groups in total. The van der Waals surface area contributed by atoms with Gasteiger partial charge in [-0.2, -0.15) is 24.9 Å². The molecular weight excluding hydrogens is 1310 g/mol. The fourth-order valence-electron chi connectivity index (χ4n) is 10.6. The number of nitrogens with zero attached hydrogens (tertiary/aromatic N) is 15. The molecule has 2 aliphatic heterocycles. The van der Waals surface area contributed by atoms with Gasteiger partial charge < -0.3 is 48.0 Å². The molecule has 93 heavy (non-hydrogen) atoms. The Hall–Kier alpha value is -5.52. The number of likely N-dealkylation sites (tertiary alicyclic amines) is 2. The van der Waals surface area contributed by atoms with Crippen molar-refractivity contribution in [3.63, 3.8) is 0 Å². The first-order valence-electron chi connectivity index (χ1n) is 33.0. The van der Waals surface area contributed by atoms with E-state index < -0.39 is 43.5 Å². The highest BCUT2D eigenvalue weighted by molar-refractivity contribution is 9.10. The standard InChI is InChI=1S/C33H54N8O4Si2.C32H54BrN7O4Si2/c1-33(2,3)45-32(42)39-14-12-13-25(22-39)28-29(34-4)31(41-30(37-28)27(20-36-41)26-19-35-38(5)21-26)40(23-43-15-17-46(6,7)8)24-44-16-18-47(9,10)11;1-32(2,3)44-31(41)38-13-11-12-24(21-38)28-27(33)30(40-29(36-28)26(19-35-40)25-18-34-37(4)20-25)39(22-42-14-16-45(5,6)7)23-43-15-17-46(8,9)10/h19-21,25H,12-18,22-24H2,1-3,5-11H3;18-20,24H,11-17,21-23H2,1-10H3. The molecule has 0 radical (unpaired) electrons. The van der Waals surface area contributed by atoms with Gasteiger partial charge in [0.15, 0.2) is 17.1 Å². The molecule has 0 bridgehead atoms. The van der Waals surface area contributed by atoms with Crippen molar-refractivity contribution in [3.05, 3.63) is 64.5 Å². The van der Waals surface area contributed by atoms with Gasteiger partial charge in [-0.25, -0.2) is 28.9 Å². The zero-order valence-corrected chi connectivity index (χ0v) is 65.2. The zero-order chi connectivity index (χ0) is 68.4. The minimum absolute atomic E-state index is 0.00138. The lowest BCUT2D eigenvalue weighted by Gasteiger charge is -2.35. The third kappa shape index (κ3) is 22.3. The minimum atomic E-state index is -1.31. The fourth-order valence-corrected chi connectivity index (χ4v) is 14.5. The first kappa shape index (κ1) is 74.9. The topological polar surface area (TPSA) is 203 Å². The first-order chi connectivity index (χ1) is 43.4. The third-order valence-corrected chi connectivity index (χ3v) is 23.4. The van der Waals surface area contributed by atoms with E-state index >= 15 is 0 Å². The second-order valence-electron chi connectivity index (χ2n) is 31.8. The molecule has 8 heterocycles. The molecule has 6 aromatic heterocycles. The number of fused-ring (bicyclic) bond motifs is 2. The van der Waals surface area contributed by atoms with Crippen LogP contribution < -0.4 is 9.80 Å². The number of aryl methyl sites for hydroxylation is 2. The first-order valence-corrected chi connectivity index (χ1v) is 48.6. The van der Waals surface area contributed by atoms with E-state index in [1.807, 2.05) is 94.7 Å². The Bertz CT molecular complexity index is 3450. The second-order valence-corrected chi connectivity index (χ2v) is 55.1. The molecule has 28 heteroatoms. The van der Waals surface area contributed by atoms with Gasteiger partial charge in [-0.15, -0.1) is 0 Å². The SMILES string of the molecule is Cn1cc(-c2cnn3c(N(COCC[Si](C)(C)C)COCC[Si](C)(C)C)c(Br)c(C4CCCN(C(=O)OC(C)(C)C)C4)nc23)cn1.[C-]#[N+]c1c(C2CCCN(C(=O)OC(C)(C)C)C2)nc2c(-c3cnn(C)c3)cnn2c1N(COCC[Si](C)(C)C)COCC[Si](C)(C)C. The van der Waals surface area contributed by atoms with Crippen molar-refractivity contribution in [2.45, 2.75) is 193 Å². The highest BCUT2D eigenvalue weighted by Crippen LogP contribution is 2.43. The lowest BCUT2D eigenvalue weighted by molar-refractivity contribution is 0.0187. The molecular formula is C65H108BrN15O8Si4. The molecule has 0 saturated carbocycles. The van der Waals surface area contributed by atoms with Crippen LogP contribution in [-0.4, -0.2) is 194 Å². The molecule has 23 nitrogen and oxygen atoms in total. The number of halogens is 1. The third-order valence-electron chi connectivity index (χ3n) is 15.9. The smallest absolute Gasteiger partial charge is 0.410 e. The Labute approximate surface area is 565 Å². The van der Waals surface area contributed by atoms with E-state index in [1.165, 1.54) is 0 Å². The summed E-state index contributed by atoms with van der Waals surface area (Å²) >= 11 is 3.98. The molecule has 2 aliphatic rings. The number of hydrogen-bond donors (Lipinski definition) is 0. The number of anilines is 2. The predicted octanol–water partition coefficient (Wildman–Crippen LogP) is 14.7. The molecule has 2 unspecified atom stereocenters. The Kier molecular flexibility index (Phi) is 25.4. The summed E-state index contributed by atoms with van der Waals surface area (Å²) in [5.74, 6) is 1.25. The van der Waals surface area contributed by atoms with E-state index in [0.717, 1.165) is 93.7 Å². The van der Waals surface area contributed by atoms with Gasteiger partial charge in [0.05, 0.1) is 47.2 Å². The maximum Gasteiger partial charge on any atom is 0.410 e. The van der Waals surface area contributed by atoms with E-state index in [0.29, 0.717) is 88.9 Å². The Balaban J connectivity index is 0.000000264. The molecule has 514 valence electrons. The van der Waals surface area contributed by atoms with Crippen molar-refractivity contribution in [2.24, 2.45) is 14.1 Å². The summed E-state index contributed by atoms with van der Waals surface area (Å²) in [6.45, 7) is 53.9. The number of piperidine rings is 2. The normalized spacial score (nSPS) is 16.2. The number of carbonyl (C=O) groups is 2. The van der Waals surface area contributed by atoms with Crippen molar-refractivity contribution >= 4 is 89.0 Å². The highest BCUT2D eigenvalue weighted by atomic mass is 79.9. The van der Waals surface area contributed by atoms with Crippen molar-refractivity contribution in [2.75, 3.05) is 89.3 Å². The van der Waals surface area contributed by atoms with Crippen LogP contribution in [0.2, 0.25) is 103 Å². The van der Waals surface area contributed by atoms with Gasteiger partial charge in [-0.05, 0) is 107 Å². The quantitative estimate of drug-likeness (QED) is 0.0214. The molecule has 0 spiro atoms. The summed E-state index contributed by atoms with van der Waals surface area (Å²) in [7, 11) is -1.38. The van der Waals surface area contributed by atoms with Gasteiger partial charge in [-0.3, -0.25) is 9.36 Å². The summed E-state index contributed by atoms with van der Waals surface area (Å²) < 4.78 is 44.7. The summed E-state index contributed by atoms with van der Waals surface area (Å²) in [6, 6.07) is 4.20. The number of amides is 2. The molecule has 2 saturated heterocycles. The predicted molar refractivity (Wildman–Crippen MR) is 385 cm³/mol. The van der Waals surface area contributed by atoms with Crippen LogP contribution in [0.4, 0.5) is 26.9 Å². The molecule has 8 rings (SSSR count). The summed E-state index contributed by atoms with van der Waals surface area (Å²) in [5.41, 5.74) is 5.65. The Morgan fingerprint density at radius 3 is 1.26 bits per heavy atom. The van der Waals surface area contributed by atoms with Crippen LogP contribution in [0.15, 0.2) is 41.7 Å². The maximum atomic E-state index is 13.1. The number of carbonyl (C=O) groups excluding carboxylic acids is 2. The molecule has 6 aromatic rings. The number of hydrogen-bond acceptors (Lipinski definition) is 16. The second kappa shape index (κ2) is 31.6. The molecule has 2 amide bonds. The van der Waals surface area contributed by atoms with Crippen molar-refractivity contribution in [1.82, 2.24) is 58.6 Å². The van der Waals surface area contributed by atoms with Crippen molar-refractivity contribution in [3.8, 4) is 22.3 Å². The molecule has 0 aromatic carbocycles. The summed E-state index contributed by atoms with van der Waals surface area (Å²) in [6.07, 6.45) is 13.9. The van der Waals surface area contributed by atoms with Gasteiger partial charge in [0, 0.05) is 145 Å². The van der Waals surface area contributed by atoms with Crippen LogP contribution in [0.3, 0.4) is 0 Å². The molecule has 2 atom stereocenters. The number of rotatable bonds is 26. The van der Waals surface area contributed by atoms with Crippen LogP contribution in [0, 0.1) is 6.57 Å². The van der Waals surface area contributed by atoms with Gasteiger partial charge in [-0.1, -0.05) is 78.6 Å². The van der Waals surface area contributed by atoms with Crippen LogP contribution in [0.5, 0.6) is 0 Å². The van der Waals surface area contributed by atoms with E-state index in [-0.39, 0.29) is 37.5 Å². The summed E-state index contributed by atoms with van der Waals surface area (Å²) in [5, 5.41) is 18.4. The van der Waals surface area contributed by atoms with E-state index in [9.17, 15) is 9.59 Å². The molecule has 0 aliphatic carbocycles. The monoisotopic (exact) mass is 1420 g/mol.